The molecule has 0 aliphatic carbocycles. The molecule has 1 heterocycles. The standard InChI is InChI=1S/C21H20N2O3/c1-5-14-6-8-17(19(22)12-14)16-10-11-23-20-13-15(7-9-18(16)20)26-21(2,24-3)25-4/h1,6-13H,22H2,2-4H3. The lowest BCUT2D eigenvalue weighted by Gasteiger charge is -2.26. The summed E-state index contributed by atoms with van der Waals surface area (Å²) in [4.78, 5) is 4.44. The van der Waals surface area contributed by atoms with E-state index in [1.807, 2.05) is 36.4 Å². The molecule has 2 aromatic carbocycles. The van der Waals surface area contributed by atoms with E-state index < -0.39 is 5.97 Å². The first-order chi connectivity index (χ1) is 12.5. The van der Waals surface area contributed by atoms with Crippen molar-refractivity contribution in [3.05, 3.63) is 54.2 Å². The fraction of sp³-hybridized carbons (Fsp3) is 0.190. The molecule has 0 radical (unpaired) electrons. The Morgan fingerprint density at radius 1 is 1.04 bits per heavy atom. The number of benzene rings is 2. The molecule has 0 saturated carbocycles. The van der Waals surface area contributed by atoms with Gasteiger partial charge in [0.2, 0.25) is 0 Å². The fourth-order valence-electron chi connectivity index (χ4n) is 2.70. The molecule has 5 nitrogen and oxygen atoms in total. The first kappa shape index (κ1) is 17.7. The van der Waals surface area contributed by atoms with Gasteiger partial charge in [-0.1, -0.05) is 12.0 Å². The van der Waals surface area contributed by atoms with E-state index >= 15 is 0 Å². The van der Waals surface area contributed by atoms with Gasteiger partial charge in [-0.25, -0.2) is 0 Å². The van der Waals surface area contributed by atoms with Crippen molar-refractivity contribution in [1.29, 1.82) is 0 Å². The highest BCUT2D eigenvalue weighted by Crippen LogP contribution is 2.34. The first-order valence-corrected chi connectivity index (χ1v) is 8.04. The van der Waals surface area contributed by atoms with E-state index in [1.54, 1.807) is 19.2 Å². The minimum absolute atomic E-state index is 0.587. The lowest BCUT2D eigenvalue weighted by Crippen LogP contribution is -2.36. The number of anilines is 1. The van der Waals surface area contributed by atoms with Crippen molar-refractivity contribution in [3.63, 3.8) is 0 Å². The van der Waals surface area contributed by atoms with Crippen molar-refractivity contribution < 1.29 is 14.2 Å². The maximum Gasteiger partial charge on any atom is 0.323 e. The Hall–Kier alpha value is -3.07. The molecule has 26 heavy (non-hydrogen) atoms. The topological polar surface area (TPSA) is 66.6 Å². The summed E-state index contributed by atoms with van der Waals surface area (Å²) in [6.45, 7) is 1.69. The van der Waals surface area contributed by atoms with Crippen LogP contribution in [0.3, 0.4) is 0 Å². The second-order valence-electron chi connectivity index (χ2n) is 5.86. The summed E-state index contributed by atoms with van der Waals surface area (Å²) in [6.07, 6.45) is 7.18. The monoisotopic (exact) mass is 348 g/mol. The zero-order valence-corrected chi connectivity index (χ0v) is 14.9. The Kier molecular flexibility index (Phi) is 4.81. The summed E-state index contributed by atoms with van der Waals surface area (Å²) in [5.74, 6) is 2.01. The third kappa shape index (κ3) is 3.33. The van der Waals surface area contributed by atoms with Crippen LogP contribution in [-0.2, 0) is 9.47 Å². The fourth-order valence-corrected chi connectivity index (χ4v) is 2.70. The Labute approximate surface area is 152 Å². The van der Waals surface area contributed by atoms with Gasteiger partial charge in [-0.2, -0.15) is 0 Å². The van der Waals surface area contributed by atoms with Crippen molar-refractivity contribution in [1.82, 2.24) is 4.98 Å². The molecule has 5 heteroatoms. The zero-order chi connectivity index (χ0) is 18.7. The maximum atomic E-state index is 6.20. The van der Waals surface area contributed by atoms with Gasteiger partial charge in [0, 0.05) is 55.6 Å². The first-order valence-electron chi connectivity index (χ1n) is 8.04. The molecule has 132 valence electrons. The Morgan fingerprint density at radius 2 is 1.81 bits per heavy atom. The van der Waals surface area contributed by atoms with Crippen molar-refractivity contribution in [2.24, 2.45) is 0 Å². The van der Waals surface area contributed by atoms with Gasteiger partial charge in [0.05, 0.1) is 5.52 Å². The summed E-state index contributed by atoms with van der Waals surface area (Å²) in [6, 6.07) is 13.1. The van der Waals surface area contributed by atoms with Gasteiger partial charge in [0.1, 0.15) is 5.75 Å². The Bertz CT molecular complexity index is 988. The normalized spacial score (nSPS) is 11.3. The number of nitrogen functional groups attached to an aromatic ring is 1. The van der Waals surface area contributed by atoms with Crippen LogP contribution in [0.25, 0.3) is 22.0 Å². The van der Waals surface area contributed by atoms with Crippen LogP contribution in [0.15, 0.2) is 48.7 Å². The highest BCUT2D eigenvalue weighted by Gasteiger charge is 2.25. The van der Waals surface area contributed by atoms with Crippen molar-refractivity contribution in [2.75, 3.05) is 20.0 Å². The molecule has 2 N–H and O–H groups in total. The summed E-state index contributed by atoms with van der Waals surface area (Å²) in [5.41, 5.74) is 10.2. The number of rotatable bonds is 5. The Morgan fingerprint density at radius 3 is 2.46 bits per heavy atom. The maximum absolute atomic E-state index is 6.20. The predicted octanol–water partition coefficient (Wildman–Crippen LogP) is 3.81. The minimum atomic E-state index is -1.17. The van der Waals surface area contributed by atoms with Crippen LogP contribution in [0.1, 0.15) is 12.5 Å². The van der Waals surface area contributed by atoms with Gasteiger partial charge in [-0.05, 0) is 35.9 Å². The van der Waals surface area contributed by atoms with Crippen LogP contribution in [-0.4, -0.2) is 25.2 Å². The molecule has 0 bridgehead atoms. The SMILES string of the molecule is C#Cc1ccc(-c2ccnc3cc(OC(C)(OC)OC)ccc23)c(N)c1. The second kappa shape index (κ2) is 7.04. The largest absolute Gasteiger partial charge is 0.439 e. The summed E-state index contributed by atoms with van der Waals surface area (Å²) in [5, 5.41) is 0.955. The molecule has 0 aliphatic heterocycles. The quantitative estimate of drug-likeness (QED) is 0.431. The smallest absolute Gasteiger partial charge is 0.323 e. The third-order valence-electron chi connectivity index (χ3n) is 4.27. The molecular weight excluding hydrogens is 328 g/mol. The molecule has 3 rings (SSSR count). The molecule has 3 aromatic rings. The van der Waals surface area contributed by atoms with Gasteiger partial charge in [-0.15, -0.1) is 6.42 Å². The zero-order valence-electron chi connectivity index (χ0n) is 14.9. The van der Waals surface area contributed by atoms with Gasteiger partial charge < -0.3 is 19.9 Å². The van der Waals surface area contributed by atoms with Gasteiger partial charge in [-0.3, -0.25) is 4.98 Å². The minimum Gasteiger partial charge on any atom is -0.439 e. The van der Waals surface area contributed by atoms with Gasteiger partial charge in [0.25, 0.3) is 0 Å². The number of nitrogens with two attached hydrogens (primary N) is 1. The van der Waals surface area contributed by atoms with Crippen LogP contribution in [0.4, 0.5) is 5.69 Å². The van der Waals surface area contributed by atoms with Crippen LogP contribution in [0, 0.1) is 12.3 Å². The van der Waals surface area contributed by atoms with E-state index in [2.05, 4.69) is 10.9 Å². The average Bonchev–Trinajstić information content (AvgIpc) is 2.67. The second-order valence-corrected chi connectivity index (χ2v) is 5.86. The van der Waals surface area contributed by atoms with Crippen LogP contribution in [0.5, 0.6) is 5.75 Å². The highest BCUT2D eigenvalue weighted by atomic mass is 16.9. The summed E-state index contributed by atoms with van der Waals surface area (Å²) in [7, 11) is 3.03. The number of fused-ring (bicyclic) bond motifs is 1. The van der Waals surface area contributed by atoms with Crippen molar-refractivity contribution in [2.45, 2.75) is 12.9 Å². The number of pyridine rings is 1. The molecule has 1 aromatic heterocycles. The average molecular weight is 348 g/mol. The van der Waals surface area contributed by atoms with Crippen LogP contribution < -0.4 is 10.5 Å². The predicted molar refractivity (Wildman–Crippen MR) is 103 cm³/mol. The lowest BCUT2D eigenvalue weighted by molar-refractivity contribution is -0.309. The van der Waals surface area contributed by atoms with E-state index in [1.165, 1.54) is 14.2 Å². The van der Waals surface area contributed by atoms with E-state index in [4.69, 9.17) is 26.4 Å². The van der Waals surface area contributed by atoms with E-state index in [-0.39, 0.29) is 0 Å². The molecule has 0 amide bonds. The lowest BCUT2D eigenvalue weighted by atomic mass is 9.98. The number of hydrogen-bond donors (Lipinski definition) is 1. The Balaban J connectivity index is 2.06. The van der Waals surface area contributed by atoms with Crippen LogP contribution in [0.2, 0.25) is 0 Å². The van der Waals surface area contributed by atoms with E-state index in [0.717, 1.165) is 27.6 Å². The molecule has 0 aliphatic rings. The molecule has 0 atom stereocenters. The number of hydrogen-bond acceptors (Lipinski definition) is 5. The number of ether oxygens (including phenoxy) is 3. The van der Waals surface area contributed by atoms with E-state index in [0.29, 0.717) is 11.4 Å². The molecule has 0 saturated heterocycles. The summed E-state index contributed by atoms with van der Waals surface area (Å²) >= 11 is 0. The number of aromatic nitrogens is 1. The van der Waals surface area contributed by atoms with Crippen molar-refractivity contribution in [3.8, 4) is 29.2 Å². The van der Waals surface area contributed by atoms with Crippen LogP contribution >= 0.6 is 0 Å². The number of nitrogens with zero attached hydrogens (tertiary/aromatic N) is 1. The molecular formula is C21H20N2O3. The molecule has 0 fully saturated rings. The number of methoxy groups -OCH3 is 2. The molecule has 0 spiro atoms. The number of terminal acetylenes is 1. The van der Waals surface area contributed by atoms with Gasteiger partial charge in [0.15, 0.2) is 0 Å². The van der Waals surface area contributed by atoms with E-state index in [9.17, 15) is 0 Å². The third-order valence-corrected chi connectivity index (χ3v) is 4.27. The molecule has 0 unspecified atom stereocenters. The summed E-state index contributed by atoms with van der Waals surface area (Å²) < 4.78 is 16.2. The van der Waals surface area contributed by atoms with Crippen molar-refractivity contribution >= 4 is 16.6 Å². The highest BCUT2D eigenvalue weighted by molar-refractivity contribution is 5.97. The van der Waals surface area contributed by atoms with Gasteiger partial charge >= 0.3 is 5.97 Å².